The molecule has 2 rings (SSSR count). The van der Waals surface area contributed by atoms with E-state index in [1.165, 1.54) is 6.42 Å². The Kier molecular flexibility index (Phi) is 6.47. The Morgan fingerprint density at radius 1 is 1.12 bits per heavy atom. The first kappa shape index (κ1) is 19.3. The number of carbonyl (C=O) groups is 2. The predicted octanol–water partition coefficient (Wildman–Crippen LogP) is 2.08. The number of piperidine rings is 1. The standard InChI is InChI=1S/C18H25F2N3O2/c1-18(2,23-8-4-3-5-9-23)12-22-16(24)11-21-17(25)14-7-6-13(19)10-15(14)20/h6-7,10H,3-5,8-9,11-12H2,1-2H3,(H,21,25)(H,22,24). The van der Waals surface area contributed by atoms with E-state index in [1.807, 2.05) is 0 Å². The molecule has 1 aromatic carbocycles. The van der Waals surface area contributed by atoms with Crippen molar-refractivity contribution in [2.75, 3.05) is 26.2 Å². The number of hydrogen-bond donors (Lipinski definition) is 2. The van der Waals surface area contributed by atoms with Gasteiger partial charge >= 0.3 is 0 Å². The molecular weight excluding hydrogens is 328 g/mol. The lowest BCUT2D eigenvalue weighted by atomic mass is 9.98. The van der Waals surface area contributed by atoms with Crippen LogP contribution in [0.3, 0.4) is 0 Å². The molecule has 1 aliphatic heterocycles. The minimum atomic E-state index is -0.955. The molecule has 1 fully saturated rings. The van der Waals surface area contributed by atoms with Crippen LogP contribution in [-0.2, 0) is 4.79 Å². The van der Waals surface area contributed by atoms with Crippen molar-refractivity contribution in [2.45, 2.75) is 38.6 Å². The zero-order valence-corrected chi connectivity index (χ0v) is 14.7. The number of halogens is 2. The number of benzene rings is 1. The first-order valence-electron chi connectivity index (χ1n) is 8.54. The largest absolute Gasteiger partial charge is 0.353 e. The van der Waals surface area contributed by atoms with Crippen LogP contribution in [0.25, 0.3) is 0 Å². The fourth-order valence-corrected chi connectivity index (χ4v) is 2.92. The van der Waals surface area contributed by atoms with Gasteiger partial charge in [0.25, 0.3) is 5.91 Å². The summed E-state index contributed by atoms with van der Waals surface area (Å²) in [7, 11) is 0. The summed E-state index contributed by atoms with van der Waals surface area (Å²) in [5.41, 5.74) is -0.453. The summed E-state index contributed by atoms with van der Waals surface area (Å²) >= 11 is 0. The van der Waals surface area contributed by atoms with Crippen LogP contribution in [0.5, 0.6) is 0 Å². The van der Waals surface area contributed by atoms with Gasteiger partial charge in [0.05, 0.1) is 12.1 Å². The summed E-state index contributed by atoms with van der Waals surface area (Å²) in [5.74, 6) is -2.81. The van der Waals surface area contributed by atoms with Gasteiger partial charge in [0.15, 0.2) is 0 Å². The monoisotopic (exact) mass is 353 g/mol. The maximum absolute atomic E-state index is 13.5. The average Bonchev–Trinajstić information content (AvgIpc) is 2.58. The molecule has 0 spiro atoms. The van der Waals surface area contributed by atoms with Crippen LogP contribution in [-0.4, -0.2) is 48.4 Å². The fourth-order valence-electron chi connectivity index (χ4n) is 2.92. The highest BCUT2D eigenvalue weighted by Crippen LogP contribution is 2.19. The number of rotatable bonds is 6. The van der Waals surface area contributed by atoms with Crippen molar-refractivity contribution in [3.05, 3.63) is 35.4 Å². The maximum Gasteiger partial charge on any atom is 0.254 e. The third-order valence-electron chi connectivity index (χ3n) is 4.52. The van der Waals surface area contributed by atoms with E-state index in [4.69, 9.17) is 0 Å². The highest BCUT2D eigenvalue weighted by molar-refractivity contribution is 5.96. The van der Waals surface area contributed by atoms with Crippen LogP contribution in [0.2, 0.25) is 0 Å². The summed E-state index contributed by atoms with van der Waals surface area (Å²) < 4.78 is 26.4. The smallest absolute Gasteiger partial charge is 0.254 e. The number of carbonyl (C=O) groups excluding carboxylic acids is 2. The second kappa shape index (κ2) is 8.38. The molecule has 1 heterocycles. The topological polar surface area (TPSA) is 61.4 Å². The summed E-state index contributed by atoms with van der Waals surface area (Å²) in [6.45, 7) is 6.39. The maximum atomic E-state index is 13.5. The van der Waals surface area contributed by atoms with E-state index in [9.17, 15) is 18.4 Å². The highest BCUT2D eigenvalue weighted by atomic mass is 19.1. The van der Waals surface area contributed by atoms with Crippen LogP contribution in [0, 0.1) is 11.6 Å². The van der Waals surface area contributed by atoms with Crippen LogP contribution in [0.1, 0.15) is 43.5 Å². The zero-order valence-electron chi connectivity index (χ0n) is 14.7. The molecule has 25 heavy (non-hydrogen) atoms. The van der Waals surface area contributed by atoms with Crippen molar-refractivity contribution < 1.29 is 18.4 Å². The molecule has 1 aromatic rings. The van der Waals surface area contributed by atoms with Crippen LogP contribution < -0.4 is 10.6 Å². The Hall–Kier alpha value is -2.02. The summed E-state index contributed by atoms with van der Waals surface area (Å²) in [4.78, 5) is 26.2. The number of likely N-dealkylation sites (tertiary alicyclic amines) is 1. The molecule has 5 nitrogen and oxygen atoms in total. The Labute approximate surface area is 146 Å². The SMILES string of the molecule is CC(C)(CNC(=O)CNC(=O)c1ccc(F)cc1F)N1CCCCC1. The van der Waals surface area contributed by atoms with E-state index in [2.05, 4.69) is 29.4 Å². The molecule has 0 radical (unpaired) electrons. The van der Waals surface area contributed by atoms with E-state index < -0.39 is 17.5 Å². The van der Waals surface area contributed by atoms with Crippen molar-refractivity contribution in [1.29, 1.82) is 0 Å². The van der Waals surface area contributed by atoms with Gasteiger partial charge in [-0.1, -0.05) is 6.42 Å². The minimum absolute atomic E-state index is 0.164. The minimum Gasteiger partial charge on any atom is -0.353 e. The first-order valence-corrected chi connectivity index (χ1v) is 8.54. The molecule has 138 valence electrons. The number of hydrogen-bond acceptors (Lipinski definition) is 3. The fraction of sp³-hybridized carbons (Fsp3) is 0.556. The molecular formula is C18H25F2N3O2. The lowest BCUT2D eigenvalue weighted by molar-refractivity contribution is -0.120. The van der Waals surface area contributed by atoms with E-state index in [0.29, 0.717) is 12.6 Å². The van der Waals surface area contributed by atoms with Crippen molar-refractivity contribution in [2.24, 2.45) is 0 Å². The lowest BCUT2D eigenvalue weighted by Crippen LogP contribution is -2.54. The molecule has 1 saturated heterocycles. The normalized spacial score (nSPS) is 15.7. The van der Waals surface area contributed by atoms with E-state index in [1.54, 1.807) is 0 Å². The second-order valence-corrected chi connectivity index (χ2v) is 6.94. The summed E-state index contributed by atoms with van der Waals surface area (Å²) in [6.07, 6.45) is 3.57. The Bertz CT molecular complexity index is 629. The highest BCUT2D eigenvalue weighted by Gasteiger charge is 2.28. The van der Waals surface area contributed by atoms with Gasteiger partial charge < -0.3 is 10.6 Å². The van der Waals surface area contributed by atoms with E-state index >= 15 is 0 Å². The molecule has 0 aliphatic carbocycles. The molecule has 2 N–H and O–H groups in total. The van der Waals surface area contributed by atoms with Gasteiger partial charge in [-0.15, -0.1) is 0 Å². The molecule has 0 bridgehead atoms. The lowest BCUT2D eigenvalue weighted by Gasteiger charge is -2.41. The molecule has 7 heteroatoms. The molecule has 0 saturated carbocycles. The third-order valence-corrected chi connectivity index (χ3v) is 4.52. The average molecular weight is 353 g/mol. The van der Waals surface area contributed by atoms with Gasteiger partial charge in [0.1, 0.15) is 11.6 Å². The number of nitrogens with zero attached hydrogens (tertiary/aromatic N) is 1. The quantitative estimate of drug-likeness (QED) is 0.823. The van der Waals surface area contributed by atoms with Gasteiger partial charge in [-0.3, -0.25) is 14.5 Å². The zero-order chi connectivity index (χ0) is 18.4. The Morgan fingerprint density at radius 2 is 1.80 bits per heavy atom. The van der Waals surface area contributed by atoms with Crippen LogP contribution in [0.15, 0.2) is 18.2 Å². The molecule has 2 amide bonds. The van der Waals surface area contributed by atoms with Gasteiger partial charge in [0.2, 0.25) is 5.91 Å². The second-order valence-electron chi connectivity index (χ2n) is 6.94. The Balaban J connectivity index is 1.79. The predicted molar refractivity (Wildman–Crippen MR) is 91.2 cm³/mol. The molecule has 0 unspecified atom stereocenters. The third kappa shape index (κ3) is 5.49. The number of nitrogens with one attached hydrogen (secondary N) is 2. The van der Waals surface area contributed by atoms with Gasteiger partial charge in [-0.2, -0.15) is 0 Å². The van der Waals surface area contributed by atoms with Crippen molar-refractivity contribution in [1.82, 2.24) is 15.5 Å². The van der Waals surface area contributed by atoms with Gasteiger partial charge in [-0.05, 0) is 51.9 Å². The van der Waals surface area contributed by atoms with E-state index in [0.717, 1.165) is 38.1 Å². The van der Waals surface area contributed by atoms with Crippen molar-refractivity contribution in [3.8, 4) is 0 Å². The van der Waals surface area contributed by atoms with Crippen molar-refractivity contribution >= 4 is 11.8 Å². The molecule has 0 aromatic heterocycles. The summed E-state index contributed by atoms with van der Waals surface area (Å²) in [6, 6.07) is 2.69. The van der Waals surface area contributed by atoms with Crippen molar-refractivity contribution in [3.63, 3.8) is 0 Å². The van der Waals surface area contributed by atoms with Crippen LogP contribution >= 0.6 is 0 Å². The first-order chi connectivity index (χ1) is 11.8. The molecule has 1 aliphatic rings. The Morgan fingerprint density at radius 3 is 2.44 bits per heavy atom. The summed E-state index contributed by atoms with van der Waals surface area (Å²) in [5, 5.41) is 5.15. The van der Waals surface area contributed by atoms with Gasteiger partial charge in [0, 0.05) is 18.2 Å². The molecule has 0 atom stereocenters. The van der Waals surface area contributed by atoms with Gasteiger partial charge in [-0.25, -0.2) is 8.78 Å². The number of amides is 2. The van der Waals surface area contributed by atoms with E-state index in [-0.39, 0.29) is 23.6 Å². The van der Waals surface area contributed by atoms with Crippen LogP contribution in [0.4, 0.5) is 8.78 Å².